The fourth-order valence-corrected chi connectivity index (χ4v) is 3.35. The number of nitrogens with zero attached hydrogens (tertiary/aromatic N) is 2. The molecule has 0 saturated heterocycles. The van der Waals surface area contributed by atoms with Gasteiger partial charge in [0, 0.05) is 6.54 Å². The van der Waals surface area contributed by atoms with Crippen LogP contribution in [-0.2, 0) is 14.4 Å². The molecule has 7 nitrogen and oxygen atoms in total. The number of nitrogens with one attached hydrogen (secondary N) is 1. The summed E-state index contributed by atoms with van der Waals surface area (Å²) in [5, 5.41) is 13.0. The molecule has 0 aliphatic carbocycles. The molecular formula is C21H29N3O4. The third kappa shape index (κ3) is 5.66. The van der Waals surface area contributed by atoms with Crippen LogP contribution in [0.25, 0.3) is 0 Å². The Morgan fingerprint density at radius 2 is 2.07 bits per heavy atom. The highest BCUT2D eigenvalue weighted by molar-refractivity contribution is 5.91. The predicted molar refractivity (Wildman–Crippen MR) is 105 cm³/mol. The van der Waals surface area contributed by atoms with Gasteiger partial charge in [-0.3, -0.25) is 19.6 Å². The van der Waals surface area contributed by atoms with Crippen LogP contribution < -0.4 is 5.32 Å². The summed E-state index contributed by atoms with van der Waals surface area (Å²) in [6, 6.07) is 8.75. The van der Waals surface area contributed by atoms with Crippen molar-refractivity contribution in [1.29, 1.82) is 0 Å². The second-order valence-corrected chi connectivity index (χ2v) is 7.07. The van der Waals surface area contributed by atoms with Crippen molar-refractivity contribution >= 4 is 18.2 Å². The average Bonchev–Trinajstić information content (AvgIpc) is 3.21. The minimum absolute atomic E-state index is 0.0758. The molecule has 1 aliphatic heterocycles. The van der Waals surface area contributed by atoms with Crippen molar-refractivity contribution < 1.29 is 19.6 Å². The highest BCUT2D eigenvalue weighted by Crippen LogP contribution is 2.20. The van der Waals surface area contributed by atoms with E-state index in [0.717, 1.165) is 18.4 Å². The van der Waals surface area contributed by atoms with Gasteiger partial charge in [0.05, 0.1) is 18.5 Å². The summed E-state index contributed by atoms with van der Waals surface area (Å²) < 4.78 is 0. The van der Waals surface area contributed by atoms with E-state index in [1.54, 1.807) is 12.2 Å². The Morgan fingerprint density at radius 3 is 2.71 bits per heavy atom. The van der Waals surface area contributed by atoms with Gasteiger partial charge in [0.1, 0.15) is 6.04 Å². The fourth-order valence-electron chi connectivity index (χ4n) is 3.35. The average molecular weight is 387 g/mol. The first-order valence-electron chi connectivity index (χ1n) is 9.71. The van der Waals surface area contributed by atoms with E-state index < -0.39 is 12.0 Å². The molecule has 0 unspecified atom stereocenters. The summed E-state index contributed by atoms with van der Waals surface area (Å²) in [6.45, 7) is 4.17. The van der Waals surface area contributed by atoms with Crippen LogP contribution in [0.15, 0.2) is 42.5 Å². The van der Waals surface area contributed by atoms with Crippen molar-refractivity contribution in [2.24, 2.45) is 5.92 Å². The lowest BCUT2D eigenvalue weighted by molar-refractivity contribution is -0.157. The van der Waals surface area contributed by atoms with Crippen LogP contribution in [0.4, 0.5) is 0 Å². The second kappa shape index (κ2) is 10.6. The van der Waals surface area contributed by atoms with Gasteiger partial charge < -0.3 is 10.2 Å². The standard InChI is InChI=1S/C21H29N3O4/c1-3-4-9-18(14-23(28)15-25)21(27)24-13-8-12-19(24)20(26)22-16(2)17-10-6-5-7-11-17/h5-8,10-12,15-16,18-19,28H,3-4,9,13-14H2,1-2H3,(H,22,26)/t16-,18+,19-/m0/s1. The lowest BCUT2D eigenvalue weighted by atomic mass is 9.99. The highest BCUT2D eigenvalue weighted by Gasteiger charge is 2.35. The molecule has 0 saturated carbocycles. The quantitative estimate of drug-likeness (QED) is 0.279. The van der Waals surface area contributed by atoms with E-state index in [4.69, 9.17) is 0 Å². The third-order valence-corrected chi connectivity index (χ3v) is 4.95. The molecule has 3 amide bonds. The van der Waals surface area contributed by atoms with Gasteiger partial charge in [-0.25, -0.2) is 5.06 Å². The van der Waals surface area contributed by atoms with E-state index in [0.29, 0.717) is 24.4 Å². The van der Waals surface area contributed by atoms with Crippen molar-refractivity contribution in [1.82, 2.24) is 15.3 Å². The van der Waals surface area contributed by atoms with E-state index in [2.05, 4.69) is 5.32 Å². The molecule has 3 atom stereocenters. The zero-order chi connectivity index (χ0) is 20.5. The number of carbonyl (C=O) groups excluding carboxylic acids is 3. The van der Waals surface area contributed by atoms with E-state index in [1.807, 2.05) is 44.2 Å². The smallest absolute Gasteiger partial charge is 0.247 e. The van der Waals surface area contributed by atoms with Crippen molar-refractivity contribution in [3.05, 3.63) is 48.0 Å². The van der Waals surface area contributed by atoms with Crippen LogP contribution in [0.2, 0.25) is 0 Å². The van der Waals surface area contributed by atoms with Crippen LogP contribution >= 0.6 is 0 Å². The van der Waals surface area contributed by atoms with E-state index in [-0.39, 0.29) is 24.4 Å². The summed E-state index contributed by atoms with van der Waals surface area (Å²) >= 11 is 0. The maximum atomic E-state index is 13.0. The van der Waals surface area contributed by atoms with Crippen LogP contribution in [-0.4, -0.2) is 52.5 Å². The lowest BCUT2D eigenvalue weighted by Crippen LogP contribution is -2.49. The summed E-state index contributed by atoms with van der Waals surface area (Å²) in [6.07, 6.45) is 6.05. The molecule has 7 heteroatoms. The van der Waals surface area contributed by atoms with Crippen LogP contribution in [0.5, 0.6) is 0 Å². The third-order valence-electron chi connectivity index (χ3n) is 4.95. The normalized spacial score (nSPS) is 17.8. The van der Waals surface area contributed by atoms with Crippen LogP contribution in [0.3, 0.4) is 0 Å². The maximum Gasteiger partial charge on any atom is 0.247 e. The van der Waals surface area contributed by atoms with E-state index in [1.165, 1.54) is 4.90 Å². The molecule has 0 bridgehead atoms. The number of benzene rings is 1. The Balaban J connectivity index is 2.05. The summed E-state index contributed by atoms with van der Waals surface area (Å²) in [7, 11) is 0. The number of hydrogen-bond donors (Lipinski definition) is 2. The van der Waals surface area contributed by atoms with Gasteiger partial charge in [-0.2, -0.15) is 0 Å². The molecule has 1 aromatic carbocycles. The first-order chi connectivity index (χ1) is 13.5. The van der Waals surface area contributed by atoms with Gasteiger partial charge in [-0.05, 0) is 18.9 Å². The van der Waals surface area contributed by atoms with Gasteiger partial charge in [-0.15, -0.1) is 0 Å². The number of hydroxylamine groups is 2. The topological polar surface area (TPSA) is 90.0 Å². The van der Waals surface area contributed by atoms with E-state index >= 15 is 0 Å². The molecule has 2 rings (SSSR count). The van der Waals surface area contributed by atoms with Gasteiger partial charge in [0.25, 0.3) is 0 Å². The number of unbranched alkanes of at least 4 members (excludes halogenated alkanes) is 1. The molecule has 0 aromatic heterocycles. The first kappa shape index (κ1) is 21.6. The molecule has 1 aromatic rings. The zero-order valence-corrected chi connectivity index (χ0v) is 16.5. The highest BCUT2D eigenvalue weighted by atomic mass is 16.5. The van der Waals surface area contributed by atoms with Crippen molar-refractivity contribution in [3.63, 3.8) is 0 Å². The molecule has 0 spiro atoms. The molecule has 1 aliphatic rings. The van der Waals surface area contributed by atoms with Crippen LogP contribution in [0.1, 0.15) is 44.7 Å². The van der Waals surface area contributed by atoms with Gasteiger partial charge in [0.2, 0.25) is 18.2 Å². The SMILES string of the molecule is CCCC[C@H](CN(O)C=O)C(=O)N1CC=C[C@H]1C(=O)N[C@@H](C)c1ccccc1. The van der Waals surface area contributed by atoms with E-state index in [9.17, 15) is 19.6 Å². The molecule has 0 fully saturated rings. The van der Waals surface area contributed by atoms with Crippen molar-refractivity contribution in [3.8, 4) is 0 Å². The lowest BCUT2D eigenvalue weighted by Gasteiger charge is -2.30. The number of amides is 3. The van der Waals surface area contributed by atoms with Crippen molar-refractivity contribution in [2.45, 2.75) is 45.2 Å². The minimum Gasteiger partial charge on any atom is -0.348 e. The molecule has 28 heavy (non-hydrogen) atoms. The number of rotatable bonds is 10. The largest absolute Gasteiger partial charge is 0.348 e. The maximum absolute atomic E-state index is 13.0. The fraction of sp³-hybridized carbons (Fsp3) is 0.476. The number of carbonyl (C=O) groups is 3. The summed E-state index contributed by atoms with van der Waals surface area (Å²) in [5.41, 5.74) is 0.985. The monoisotopic (exact) mass is 387 g/mol. The Labute approximate surface area is 166 Å². The molecular weight excluding hydrogens is 358 g/mol. The van der Waals surface area contributed by atoms with Gasteiger partial charge in [-0.1, -0.05) is 62.2 Å². The molecule has 2 N–H and O–H groups in total. The molecule has 0 radical (unpaired) electrons. The Morgan fingerprint density at radius 1 is 1.36 bits per heavy atom. The Bertz CT molecular complexity index is 692. The number of hydrogen-bond acceptors (Lipinski definition) is 4. The summed E-state index contributed by atoms with van der Waals surface area (Å²) in [5.74, 6) is -1.02. The Hall–Kier alpha value is -2.67. The Kier molecular flexibility index (Phi) is 8.19. The van der Waals surface area contributed by atoms with Crippen LogP contribution in [0, 0.1) is 5.92 Å². The molecule has 152 valence electrons. The minimum atomic E-state index is -0.689. The van der Waals surface area contributed by atoms with Gasteiger partial charge in [0.15, 0.2) is 0 Å². The van der Waals surface area contributed by atoms with Gasteiger partial charge >= 0.3 is 0 Å². The summed E-state index contributed by atoms with van der Waals surface area (Å²) in [4.78, 5) is 38.1. The first-order valence-corrected chi connectivity index (χ1v) is 9.71. The van der Waals surface area contributed by atoms with Crippen molar-refractivity contribution in [2.75, 3.05) is 13.1 Å². The predicted octanol–water partition coefficient (Wildman–Crippen LogP) is 2.28. The molecule has 1 heterocycles. The zero-order valence-electron chi connectivity index (χ0n) is 16.5. The second-order valence-electron chi connectivity index (χ2n) is 7.07.